The molecule has 0 amide bonds. The SMILES string of the molecule is CCN(CC)CCCNC(=NC)NC1CCN(c2ccccc2OC)C1. The van der Waals surface area contributed by atoms with Crippen molar-refractivity contribution < 1.29 is 4.74 Å². The Balaban J connectivity index is 1.77. The van der Waals surface area contributed by atoms with E-state index in [0.717, 1.165) is 63.8 Å². The quantitative estimate of drug-likeness (QED) is 0.401. The van der Waals surface area contributed by atoms with Gasteiger partial charge in [-0.3, -0.25) is 4.99 Å². The van der Waals surface area contributed by atoms with E-state index < -0.39 is 0 Å². The van der Waals surface area contributed by atoms with Crippen molar-refractivity contribution in [2.45, 2.75) is 32.7 Å². The molecule has 1 aliphatic rings. The number of hydrogen-bond acceptors (Lipinski definition) is 4. The molecule has 0 bridgehead atoms. The first-order chi connectivity index (χ1) is 12.7. The minimum Gasteiger partial charge on any atom is -0.495 e. The molecule has 1 aromatic carbocycles. The number of aliphatic imine (C=N–C) groups is 1. The van der Waals surface area contributed by atoms with Gasteiger partial charge >= 0.3 is 0 Å². The number of nitrogens with zero attached hydrogens (tertiary/aromatic N) is 3. The molecule has 146 valence electrons. The minimum absolute atomic E-state index is 0.397. The van der Waals surface area contributed by atoms with Gasteiger partial charge in [-0.15, -0.1) is 0 Å². The molecular weight excluding hydrogens is 326 g/mol. The average Bonchev–Trinajstić information content (AvgIpc) is 3.15. The third kappa shape index (κ3) is 5.80. The lowest BCUT2D eigenvalue weighted by Gasteiger charge is -2.22. The summed E-state index contributed by atoms with van der Waals surface area (Å²) in [6.45, 7) is 10.7. The summed E-state index contributed by atoms with van der Waals surface area (Å²) in [5.74, 6) is 1.84. The molecule has 6 nitrogen and oxygen atoms in total. The highest BCUT2D eigenvalue weighted by Gasteiger charge is 2.25. The topological polar surface area (TPSA) is 52.1 Å². The van der Waals surface area contributed by atoms with Gasteiger partial charge in [-0.1, -0.05) is 26.0 Å². The first kappa shape index (κ1) is 20.4. The highest BCUT2D eigenvalue weighted by molar-refractivity contribution is 5.80. The van der Waals surface area contributed by atoms with Crippen LogP contribution in [0.2, 0.25) is 0 Å². The van der Waals surface area contributed by atoms with Gasteiger partial charge in [-0.2, -0.15) is 0 Å². The van der Waals surface area contributed by atoms with Crippen LogP contribution in [0.5, 0.6) is 5.75 Å². The van der Waals surface area contributed by atoms with Crippen molar-refractivity contribution in [1.29, 1.82) is 0 Å². The highest BCUT2D eigenvalue weighted by Crippen LogP contribution is 2.30. The molecule has 1 saturated heterocycles. The second kappa shape index (κ2) is 10.9. The molecular formula is C20H35N5O. The second-order valence-corrected chi connectivity index (χ2v) is 6.63. The van der Waals surface area contributed by atoms with Crippen LogP contribution in [-0.4, -0.2) is 70.3 Å². The third-order valence-electron chi connectivity index (χ3n) is 5.02. The highest BCUT2D eigenvalue weighted by atomic mass is 16.5. The summed E-state index contributed by atoms with van der Waals surface area (Å²) in [7, 11) is 3.57. The van der Waals surface area contributed by atoms with Gasteiger partial charge in [0.25, 0.3) is 0 Å². The maximum Gasteiger partial charge on any atom is 0.191 e. The lowest BCUT2D eigenvalue weighted by molar-refractivity contribution is 0.300. The van der Waals surface area contributed by atoms with Crippen molar-refractivity contribution in [3.8, 4) is 5.75 Å². The van der Waals surface area contributed by atoms with Gasteiger partial charge in [0.15, 0.2) is 5.96 Å². The fraction of sp³-hybridized carbons (Fsp3) is 0.650. The maximum absolute atomic E-state index is 5.50. The van der Waals surface area contributed by atoms with Crippen molar-refractivity contribution in [3.63, 3.8) is 0 Å². The Morgan fingerprint density at radius 3 is 2.77 bits per heavy atom. The smallest absolute Gasteiger partial charge is 0.191 e. The molecule has 2 N–H and O–H groups in total. The zero-order chi connectivity index (χ0) is 18.8. The van der Waals surface area contributed by atoms with Crippen molar-refractivity contribution >= 4 is 11.6 Å². The van der Waals surface area contributed by atoms with Gasteiger partial charge in [0.1, 0.15) is 5.75 Å². The molecule has 26 heavy (non-hydrogen) atoms. The van der Waals surface area contributed by atoms with Crippen LogP contribution in [0.25, 0.3) is 0 Å². The summed E-state index contributed by atoms with van der Waals surface area (Å²) >= 11 is 0. The number of benzene rings is 1. The molecule has 1 atom stereocenters. The van der Waals surface area contributed by atoms with E-state index in [1.54, 1.807) is 7.11 Å². The Morgan fingerprint density at radius 2 is 2.08 bits per heavy atom. The molecule has 1 aliphatic heterocycles. The molecule has 0 aliphatic carbocycles. The molecule has 0 spiro atoms. The Hall–Kier alpha value is -1.95. The molecule has 1 unspecified atom stereocenters. The summed E-state index contributed by atoms with van der Waals surface area (Å²) < 4.78 is 5.50. The normalized spacial score (nSPS) is 17.7. The van der Waals surface area contributed by atoms with Crippen LogP contribution in [0.1, 0.15) is 26.7 Å². The molecule has 0 saturated carbocycles. The van der Waals surface area contributed by atoms with Gasteiger partial charge in [0.2, 0.25) is 0 Å². The molecule has 1 heterocycles. The van der Waals surface area contributed by atoms with Crippen molar-refractivity contribution in [2.75, 3.05) is 58.3 Å². The molecule has 2 rings (SSSR count). The first-order valence-corrected chi connectivity index (χ1v) is 9.79. The van der Waals surface area contributed by atoms with Gasteiger partial charge < -0.3 is 25.2 Å². The maximum atomic E-state index is 5.50. The Labute approximate surface area is 158 Å². The lowest BCUT2D eigenvalue weighted by Crippen LogP contribution is -2.45. The average molecular weight is 362 g/mol. The minimum atomic E-state index is 0.397. The second-order valence-electron chi connectivity index (χ2n) is 6.63. The van der Waals surface area contributed by atoms with E-state index >= 15 is 0 Å². The number of hydrogen-bond donors (Lipinski definition) is 2. The number of ether oxygens (including phenoxy) is 1. The summed E-state index contributed by atoms with van der Waals surface area (Å²) in [5, 5.41) is 7.01. The standard InChI is InChI=1S/C20H35N5O/c1-5-24(6-2)14-9-13-22-20(21-3)23-17-12-15-25(16-17)18-10-7-8-11-19(18)26-4/h7-8,10-11,17H,5-6,9,12-16H2,1-4H3,(H2,21,22,23). The Bertz CT molecular complexity index is 559. The number of para-hydroxylation sites is 2. The predicted molar refractivity (Wildman–Crippen MR) is 111 cm³/mol. The van der Waals surface area contributed by atoms with E-state index in [1.165, 1.54) is 5.69 Å². The summed E-state index contributed by atoms with van der Waals surface area (Å²) in [6.07, 6.45) is 2.22. The predicted octanol–water partition coefficient (Wildman–Crippen LogP) is 2.17. The van der Waals surface area contributed by atoms with Crippen molar-refractivity contribution in [2.24, 2.45) is 4.99 Å². The van der Waals surface area contributed by atoms with Gasteiger partial charge in [0.05, 0.1) is 12.8 Å². The van der Waals surface area contributed by atoms with Crippen LogP contribution in [-0.2, 0) is 0 Å². The van der Waals surface area contributed by atoms with Crippen molar-refractivity contribution in [3.05, 3.63) is 24.3 Å². The van der Waals surface area contributed by atoms with E-state index in [4.69, 9.17) is 4.74 Å². The zero-order valence-electron chi connectivity index (χ0n) is 16.8. The number of anilines is 1. The van der Waals surface area contributed by atoms with Gasteiger partial charge in [-0.25, -0.2) is 0 Å². The van der Waals surface area contributed by atoms with Crippen LogP contribution in [0.4, 0.5) is 5.69 Å². The largest absolute Gasteiger partial charge is 0.495 e. The fourth-order valence-electron chi connectivity index (χ4n) is 3.43. The van der Waals surface area contributed by atoms with Crippen LogP contribution in [0, 0.1) is 0 Å². The number of rotatable bonds is 9. The molecule has 1 fully saturated rings. The Morgan fingerprint density at radius 1 is 1.31 bits per heavy atom. The first-order valence-electron chi connectivity index (χ1n) is 9.79. The fourth-order valence-corrected chi connectivity index (χ4v) is 3.43. The summed E-state index contributed by atoms with van der Waals surface area (Å²) in [4.78, 5) is 9.20. The van der Waals surface area contributed by atoms with Crippen molar-refractivity contribution in [1.82, 2.24) is 15.5 Å². The third-order valence-corrected chi connectivity index (χ3v) is 5.02. The van der Waals surface area contributed by atoms with E-state index in [-0.39, 0.29) is 0 Å². The van der Waals surface area contributed by atoms with Crippen LogP contribution >= 0.6 is 0 Å². The summed E-state index contributed by atoms with van der Waals surface area (Å²) in [5.41, 5.74) is 1.17. The molecule has 6 heteroatoms. The van der Waals surface area contributed by atoms with E-state index in [1.807, 2.05) is 19.2 Å². The van der Waals surface area contributed by atoms with Crippen LogP contribution in [0.3, 0.4) is 0 Å². The summed E-state index contributed by atoms with van der Waals surface area (Å²) in [6, 6.07) is 8.62. The number of methoxy groups -OCH3 is 1. The molecule has 0 aromatic heterocycles. The van der Waals surface area contributed by atoms with Crippen LogP contribution < -0.4 is 20.3 Å². The zero-order valence-corrected chi connectivity index (χ0v) is 16.8. The van der Waals surface area contributed by atoms with E-state index in [9.17, 15) is 0 Å². The van der Waals surface area contributed by atoms with Gasteiger partial charge in [0, 0.05) is 32.7 Å². The van der Waals surface area contributed by atoms with E-state index in [0.29, 0.717) is 6.04 Å². The lowest BCUT2D eigenvalue weighted by atomic mass is 10.2. The Kier molecular flexibility index (Phi) is 8.54. The van der Waals surface area contributed by atoms with Crippen LogP contribution in [0.15, 0.2) is 29.3 Å². The molecule has 0 radical (unpaired) electrons. The van der Waals surface area contributed by atoms with Gasteiger partial charge in [-0.05, 0) is 44.6 Å². The number of nitrogens with one attached hydrogen (secondary N) is 2. The number of guanidine groups is 1. The monoisotopic (exact) mass is 361 g/mol. The molecule has 1 aromatic rings. The van der Waals surface area contributed by atoms with E-state index in [2.05, 4.69) is 51.4 Å².